The Balaban J connectivity index is 1.48. The van der Waals surface area contributed by atoms with E-state index in [0.717, 1.165) is 61.0 Å². The number of aromatic nitrogens is 1. The highest BCUT2D eigenvalue weighted by Gasteiger charge is 2.20. The molecule has 3 aromatic heterocycles. The lowest BCUT2D eigenvalue weighted by molar-refractivity contribution is 0.619. The van der Waals surface area contributed by atoms with Crippen molar-refractivity contribution >= 4 is 33.0 Å². The molecule has 0 atom stereocenters. The number of para-hydroxylation sites is 2. The minimum absolute atomic E-state index is 0.614. The maximum Gasteiger partial charge on any atom is 0.227 e. The van der Waals surface area contributed by atoms with Crippen molar-refractivity contribution in [3.05, 3.63) is 115 Å². The van der Waals surface area contributed by atoms with Gasteiger partial charge in [-0.15, -0.1) is 0 Å². The molecule has 4 aromatic carbocycles. The Hall–Kier alpha value is -4.63. The van der Waals surface area contributed by atoms with Gasteiger partial charge in [0, 0.05) is 32.8 Å². The lowest BCUT2D eigenvalue weighted by Crippen LogP contribution is -1.85. The minimum atomic E-state index is 0.614. The molecular weight excluding hydrogens is 418 g/mol. The lowest BCUT2D eigenvalue weighted by Gasteiger charge is -2.04. The maximum atomic E-state index is 6.43. The zero-order valence-electron chi connectivity index (χ0n) is 18.2. The van der Waals surface area contributed by atoms with Crippen LogP contribution in [0.3, 0.4) is 0 Å². The van der Waals surface area contributed by atoms with Gasteiger partial charge >= 0.3 is 0 Å². The molecule has 0 bridgehead atoms. The molecule has 7 rings (SSSR count). The molecule has 0 radical (unpaired) electrons. The largest absolute Gasteiger partial charge is 0.455 e. The second-order valence-corrected chi connectivity index (χ2v) is 8.37. The number of furan rings is 2. The van der Waals surface area contributed by atoms with Crippen LogP contribution in [0.1, 0.15) is 0 Å². The number of rotatable bonds is 3. The van der Waals surface area contributed by atoms with Gasteiger partial charge in [0.2, 0.25) is 5.71 Å². The molecule has 0 amide bonds. The fourth-order valence-electron chi connectivity index (χ4n) is 4.76. The SMILES string of the molecule is c1ccc(-c2oc3nc(-c4cccc5c4oc4ccccc45)ccc3c2-c2ccccc2)cc1. The van der Waals surface area contributed by atoms with Crippen molar-refractivity contribution in [2.24, 2.45) is 0 Å². The highest BCUT2D eigenvalue weighted by atomic mass is 16.3. The molecule has 3 heteroatoms. The predicted octanol–water partition coefficient (Wildman–Crippen LogP) is 8.73. The van der Waals surface area contributed by atoms with Gasteiger partial charge in [0.15, 0.2) is 0 Å². The Labute approximate surface area is 195 Å². The molecule has 0 fully saturated rings. The Morgan fingerprint density at radius 3 is 2.03 bits per heavy atom. The van der Waals surface area contributed by atoms with Gasteiger partial charge in [-0.3, -0.25) is 0 Å². The van der Waals surface area contributed by atoms with Gasteiger partial charge in [-0.1, -0.05) is 91.0 Å². The number of fused-ring (bicyclic) bond motifs is 4. The predicted molar refractivity (Wildman–Crippen MR) is 138 cm³/mol. The Morgan fingerprint density at radius 1 is 0.500 bits per heavy atom. The first-order valence-corrected chi connectivity index (χ1v) is 11.3. The molecule has 0 aliphatic carbocycles. The molecule has 0 saturated heterocycles. The summed E-state index contributed by atoms with van der Waals surface area (Å²) in [6.45, 7) is 0. The summed E-state index contributed by atoms with van der Waals surface area (Å²) < 4.78 is 12.7. The monoisotopic (exact) mass is 437 g/mol. The van der Waals surface area contributed by atoms with Gasteiger partial charge < -0.3 is 8.83 Å². The van der Waals surface area contributed by atoms with Crippen molar-refractivity contribution in [3.63, 3.8) is 0 Å². The second-order valence-electron chi connectivity index (χ2n) is 8.37. The number of benzene rings is 4. The van der Waals surface area contributed by atoms with E-state index in [1.54, 1.807) is 0 Å². The van der Waals surface area contributed by atoms with Crippen LogP contribution in [0.25, 0.3) is 66.7 Å². The second kappa shape index (κ2) is 7.46. The molecular formula is C31H19NO2. The van der Waals surface area contributed by atoms with Gasteiger partial charge in [0.1, 0.15) is 16.9 Å². The summed E-state index contributed by atoms with van der Waals surface area (Å²) >= 11 is 0. The van der Waals surface area contributed by atoms with Crippen LogP contribution in [-0.4, -0.2) is 4.98 Å². The third kappa shape index (κ3) is 2.87. The van der Waals surface area contributed by atoms with E-state index in [2.05, 4.69) is 60.7 Å². The fraction of sp³-hybridized carbons (Fsp3) is 0. The molecule has 0 saturated carbocycles. The van der Waals surface area contributed by atoms with Crippen molar-refractivity contribution in [2.45, 2.75) is 0 Å². The van der Waals surface area contributed by atoms with Gasteiger partial charge in [-0.2, -0.15) is 0 Å². The zero-order chi connectivity index (χ0) is 22.5. The third-order valence-electron chi connectivity index (χ3n) is 6.33. The van der Waals surface area contributed by atoms with Crippen LogP contribution in [0.2, 0.25) is 0 Å². The van der Waals surface area contributed by atoms with Crippen molar-refractivity contribution in [1.29, 1.82) is 0 Å². The van der Waals surface area contributed by atoms with Crippen LogP contribution in [0.4, 0.5) is 0 Å². The summed E-state index contributed by atoms with van der Waals surface area (Å²) in [5, 5.41) is 3.19. The number of pyridine rings is 1. The van der Waals surface area contributed by atoms with E-state index in [1.807, 2.05) is 54.6 Å². The lowest BCUT2D eigenvalue weighted by atomic mass is 9.99. The van der Waals surface area contributed by atoms with Crippen LogP contribution in [0.15, 0.2) is 124 Å². The van der Waals surface area contributed by atoms with Crippen molar-refractivity contribution < 1.29 is 8.83 Å². The Bertz CT molecular complexity index is 1790. The first-order valence-electron chi connectivity index (χ1n) is 11.3. The highest BCUT2D eigenvalue weighted by molar-refractivity contribution is 6.09. The Morgan fingerprint density at radius 2 is 1.21 bits per heavy atom. The van der Waals surface area contributed by atoms with E-state index < -0.39 is 0 Å². The minimum Gasteiger partial charge on any atom is -0.455 e. The van der Waals surface area contributed by atoms with Crippen molar-refractivity contribution in [2.75, 3.05) is 0 Å². The average Bonchev–Trinajstić information content (AvgIpc) is 3.48. The summed E-state index contributed by atoms with van der Waals surface area (Å²) in [7, 11) is 0. The Kier molecular flexibility index (Phi) is 4.15. The molecule has 34 heavy (non-hydrogen) atoms. The normalized spacial score (nSPS) is 11.5. The third-order valence-corrected chi connectivity index (χ3v) is 6.33. The van der Waals surface area contributed by atoms with Crippen molar-refractivity contribution in [1.82, 2.24) is 4.98 Å². The topological polar surface area (TPSA) is 39.2 Å². The molecule has 3 heterocycles. The summed E-state index contributed by atoms with van der Waals surface area (Å²) in [5.74, 6) is 0.827. The van der Waals surface area contributed by atoms with Crippen LogP contribution >= 0.6 is 0 Å². The van der Waals surface area contributed by atoms with Gasteiger partial charge in [-0.05, 0) is 29.8 Å². The van der Waals surface area contributed by atoms with Gasteiger partial charge in [-0.25, -0.2) is 4.98 Å². The molecule has 0 unspecified atom stereocenters. The van der Waals surface area contributed by atoms with Gasteiger partial charge in [0.25, 0.3) is 0 Å². The van der Waals surface area contributed by atoms with E-state index in [0.29, 0.717) is 5.71 Å². The summed E-state index contributed by atoms with van der Waals surface area (Å²) in [6, 6.07) is 39.0. The first kappa shape index (κ1) is 18.9. The molecule has 0 spiro atoms. The number of nitrogens with zero attached hydrogens (tertiary/aromatic N) is 1. The quantitative estimate of drug-likeness (QED) is 0.277. The molecule has 0 aliphatic rings. The molecule has 160 valence electrons. The van der Waals surface area contributed by atoms with Gasteiger partial charge in [0.05, 0.1) is 5.69 Å². The zero-order valence-corrected chi connectivity index (χ0v) is 18.2. The van der Waals surface area contributed by atoms with E-state index in [1.165, 1.54) is 0 Å². The smallest absolute Gasteiger partial charge is 0.227 e. The fourth-order valence-corrected chi connectivity index (χ4v) is 4.76. The van der Waals surface area contributed by atoms with E-state index >= 15 is 0 Å². The molecule has 7 aromatic rings. The van der Waals surface area contributed by atoms with Crippen LogP contribution in [0.5, 0.6) is 0 Å². The average molecular weight is 437 g/mol. The summed E-state index contributed by atoms with van der Waals surface area (Å²) in [5.41, 5.74) is 7.30. The highest BCUT2D eigenvalue weighted by Crippen LogP contribution is 2.42. The van der Waals surface area contributed by atoms with E-state index in [4.69, 9.17) is 13.8 Å². The molecule has 3 nitrogen and oxygen atoms in total. The number of hydrogen-bond acceptors (Lipinski definition) is 3. The summed E-state index contributed by atoms with van der Waals surface area (Å²) in [4.78, 5) is 4.97. The number of hydrogen-bond donors (Lipinski definition) is 0. The van der Waals surface area contributed by atoms with E-state index in [9.17, 15) is 0 Å². The van der Waals surface area contributed by atoms with E-state index in [-0.39, 0.29) is 0 Å². The summed E-state index contributed by atoms with van der Waals surface area (Å²) in [6.07, 6.45) is 0. The molecule has 0 aliphatic heterocycles. The van der Waals surface area contributed by atoms with Crippen LogP contribution in [0, 0.1) is 0 Å². The van der Waals surface area contributed by atoms with Crippen LogP contribution < -0.4 is 0 Å². The standard InChI is InChI=1S/C31H19NO2/c1-3-10-20(11-4-1)28-25-18-19-26(32-31(25)34-29(28)21-12-5-2-6-13-21)24-16-9-15-23-22-14-7-8-17-27(22)33-30(23)24/h1-19H. The van der Waals surface area contributed by atoms with Crippen molar-refractivity contribution in [3.8, 4) is 33.7 Å². The molecule has 0 N–H and O–H groups in total. The first-order chi connectivity index (χ1) is 16.9. The van der Waals surface area contributed by atoms with Crippen LogP contribution in [-0.2, 0) is 0 Å². The maximum absolute atomic E-state index is 6.43.